The summed E-state index contributed by atoms with van der Waals surface area (Å²) in [5.41, 5.74) is 6.52. The van der Waals surface area contributed by atoms with E-state index in [4.69, 9.17) is 17.3 Å². The van der Waals surface area contributed by atoms with Crippen LogP contribution in [0.4, 0.5) is 8.78 Å². The minimum absolute atomic E-state index is 0.136. The molecule has 6 heteroatoms. The molecule has 1 heterocycles. The highest BCUT2D eigenvalue weighted by molar-refractivity contribution is 6.30. The third-order valence-electron chi connectivity index (χ3n) is 3.67. The van der Waals surface area contributed by atoms with E-state index in [0.717, 1.165) is 11.3 Å². The molecule has 1 saturated carbocycles. The Morgan fingerprint density at radius 3 is 2.39 bits per heavy atom. The molecule has 1 aromatic heterocycles. The predicted molar refractivity (Wildman–Crippen MR) is 67.2 cm³/mol. The van der Waals surface area contributed by atoms with E-state index in [1.54, 1.807) is 11.7 Å². The molecule has 0 aromatic carbocycles. The van der Waals surface area contributed by atoms with Gasteiger partial charge in [0.2, 0.25) is 5.92 Å². The van der Waals surface area contributed by atoms with E-state index in [0.29, 0.717) is 5.15 Å². The summed E-state index contributed by atoms with van der Waals surface area (Å²) in [6.07, 6.45) is -0.469. The molecule has 0 radical (unpaired) electrons. The fourth-order valence-electron chi connectivity index (χ4n) is 2.78. The summed E-state index contributed by atoms with van der Waals surface area (Å²) in [5, 5.41) is 4.77. The molecule has 2 N–H and O–H groups in total. The van der Waals surface area contributed by atoms with Crippen LogP contribution in [0.5, 0.6) is 0 Å². The first-order valence-electron chi connectivity index (χ1n) is 6.03. The third-order valence-corrected chi connectivity index (χ3v) is 4.10. The van der Waals surface area contributed by atoms with E-state index in [9.17, 15) is 8.78 Å². The molecule has 0 amide bonds. The normalized spacial score (nSPS) is 21.1. The zero-order valence-corrected chi connectivity index (χ0v) is 11.6. The molecule has 1 aliphatic rings. The van der Waals surface area contributed by atoms with Crippen LogP contribution >= 0.6 is 11.6 Å². The molecule has 1 aliphatic carbocycles. The lowest BCUT2D eigenvalue weighted by Gasteiger charge is -2.47. The highest BCUT2D eigenvalue weighted by atomic mass is 35.5. The van der Waals surface area contributed by atoms with Crippen molar-refractivity contribution in [3.05, 3.63) is 16.4 Å². The van der Waals surface area contributed by atoms with Gasteiger partial charge in [0.25, 0.3) is 0 Å². The van der Waals surface area contributed by atoms with Gasteiger partial charge in [-0.2, -0.15) is 5.10 Å². The monoisotopic (exact) mass is 277 g/mol. The second kappa shape index (κ2) is 4.17. The standard InChI is InChI=1S/C12H18ClF2N3/c1-7(2)9-8(10(13)18(3)17-9)11(6-16)4-12(14,15)5-11/h7H,4-6,16H2,1-3H3. The van der Waals surface area contributed by atoms with Crippen LogP contribution < -0.4 is 5.73 Å². The van der Waals surface area contributed by atoms with Gasteiger partial charge in [-0.25, -0.2) is 8.78 Å². The maximum absolute atomic E-state index is 13.3. The molecule has 102 valence electrons. The van der Waals surface area contributed by atoms with Crippen molar-refractivity contribution in [2.45, 2.75) is 43.9 Å². The van der Waals surface area contributed by atoms with Crippen LogP contribution in [0.1, 0.15) is 43.9 Å². The molecule has 2 rings (SSSR count). The number of nitrogens with zero attached hydrogens (tertiary/aromatic N) is 2. The molecular formula is C12H18ClF2N3. The minimum atomic E-state index is -2.63. The van der Waals surface area contributed by atoms with Crippen LogP contribution in [-0.2, 0) is 12.5 Å². The lowest BCUT2D eigenvalue weighted by molar-refractivity contribution is -0.124. The second-order valence-corrected chi connectivity index (χ2v) is 5.88. The van der Waals surface area contributed by atoms with Crippen molar-refractivity contribution >= 4 is 11.6 Å². The van der Waals surface area contributed by atoms with Gasteiger partial charge in [-0.1, -0.05) is 25.4 Å². The Labute approximate surface area is 110 Å². The minimum Gasteiger partial charge on any atom is -0.330 e. The largest absolute Gasteiger partial charge is 0.330 e. The summed E-state index contributed by atoms with van der Waals surface area (Å²) in [5.74, 6) is -2.50. The van der Waals surface area contributed by atoms with Gasteiger partial charge in [0.15, 0.2) is 0 Å². The summed E-state index contributed by atoms with van der Waals surface area (Å²) < 4.78 is 28.0. The van der Waals surface area contributed by atoms with Crippen molar-refractivity contribution in [2.24, 2.45) is 12.8 Å². The Balaban J connectivity index is 2.50. The first-order chi connectivity index (χ1) is 8.22. The quantitative estimate of drug-likeness (QED) is 0.923. The van der Waals surface area contributed by atoms with Gasteiger partial charge >= 0.3 is 0 Å². The summed E-state index contributed by atoms with van der Waals surface area (Å²) in [4.78, 5) is 0. The molecule has 18 heavy (non-hydrogen) atoms. The van der Waals surface area contributed by atoms with Crippen molar-refractivity contribution in [1.82, 2.24) is 9.78 Å². The smallest absolute Gasteiger partial charge is 0.250 e. The number of rotatable bonds is 3. The van der Waals surface area contributed by atoms with Gasteiger partial charge in [-0.3, -0.25) is 4.68 Å². The van der Waals surface area contributed by atoms with Gasteiger partial charge in [-0.15, -0.1) is 0 Å². The van der Waals surface area contributed by atoms with E-state index < -0.39 is 11.3 Å². The maximum Gasteiger partial charge on any atom is 0.250 e. The summed E-state index contributed by atoms with van der Waals surface area (Å²) in [7, 11) is 1.72. The fourth-order valence-corrected chi connectivity index (χ4v) is 3.11. The van der Waals surface area contributed by atoms with Gasteiger partial charge in [-0.05, 0) is 5.92 Å². The zero-order chi connectivity index (χ0) is 13.7. The Morgan fingerprint density at radius 2 is 2.00 bits per heavy atom. The summed E-state index contributed by atoms with van der Waals surface area (Å²) in [6, 6.07) is 0. The molecule has 0 bridgehead atoms. The van der Waals surface area contributed by atoms with E-state index in [2.05, 4.69) is 5.10 Å². The van der Waals surface area contributed by atoms with E-state index in [-0.39, 0.29) is 25.3 Å². The first-order valence-corrected chi connectivity index (χ1v) is 6.41. The lowest BCUT2D eigenvalue weighted by atomic mass is 9.61. The van der Waals surface area contributed by atoms with Crippen LogP contribution in [0.3, 0.4) is 0 Å². The molecule has 0 saturated heterocycles. The van der Waals surface area contributed by atoms with Gasteiger partial charge in [0.1, 0.15) is 5.15 Å². The van der Waals surface area contributed by atoms with Crippen molar-refractivity contribution in [2.75, 3.05) is 6.54 Å². The number of halogens is 3. The predicted octanol–water partition coefficient (Wildman–Crippen LogP) is 2.82. The third kappa shape index (κ3) is 1.93. The van der Waals surface area contributed by atoms with E-state index in [1.807, 2.05) is 13.8 Å². The number of aryl methyl sites for hydroxylation is 1. The topological polar surface area (TPSA) is 43.8 Å². The number of alkyl halides is 2. The maximum atomic E-state index is 13.3. The van der Waals surface area contributed by atoms with Crippen LogP contribution in [-0.4, -0.2) is 22.2 Å². The van der Waals surface area contributed by atoms with Gasteiger partial charge in [0.05, 0.1) is 5.69 Å². The van der Waals surface area contributed by atoms with Crippen molar-refractivity contribution < 1.29 is 8.78 Å². The molecule has 1 aromatic rings. The Morgan fingerprint density at radius 1 is 1.44 bits per heavy atom. The molecule has 1 fully saturated rings. The first kappa shape index (κ1) is 13.7. The second-order valence-electron chi connectivity index (χ2n) is 5.52. The fraction of sp³-hybridized carbons (Fsp3) is 0.750. The SMILES string of the molecule is CC(C)c1nn(C)c(Cl)c1C1(CN)CC(F)(F)C1. The van der Waals surface area contributed by atoms with Crippen molar-refractivity contribution in [1.29, 1.82) is 0 Å². The van der Waals surface area contributed by atoms with Crippen LogP contribution in [0, 0.1) is 0 Å². The molecule has 0 atom stereocenters. The molecule has 0 unspecified atom stereocenters. The average Bonchev–Trinajstić information content (AvgIpc) is 2.52. The van der Waals surface area contributed by atoms with Gasteiger partial charge in [0, 0.05) is 37.4 Å². The lowest BCUT2D eigenvalue weighted by Crippen LogP contribution is -2.54. The van der Waals surface area contributed by atoms with Crippen molar-refractivity contribution in [3.8, 4) is 0 Å². The van der Waals surface area contributed by atoms with Crippen LogP contribution in [0.2, 0.25) is 5.15 Å². The number of nitrogens with two attached hydrogens (primary N) is 1. The molecule has 0 spiro atoms. The Kier molecular flexibility index (Phi) is 3.18. The molecule has 0 aliphatic heterocycles. The zero-order valence-electron chi connectivity index (χ0n) is 10.8. The summed E-state index contributed by atoms with van der Waals surface area (Å²) in [6.45, 7) is 4.13. The highest BCUT2D eigenvalue weighted by Gasteiger charge is 2.58. The molecule has 3 nitrogen and oxygen atoms in total. The highest BCUT2D eigenvalue weighted by Crippen LogP contribution is 2.55. The number of hydrogen-bond acceptors (Lipinski definition) is 2. The van der Waals surface area contributed by atoms with Gasteiger partial charge < -0.3 is 5.73 Å². The van der Waals surface area contributed by atoms with Crippen LogP contribution in [0.15, 0.2) is 0 Å². The van der Waals surface area contributed by atoms with Crippen LogP contribution in [0.25, 0.3) is 0 Å². The molecular weight excluding hydrogens is 260 g/mol. The number of aromatic nitrogens is 2. The Hall–Kier alpha value is -0.680. The number of hydrogen-bond donors (Lipinski definition) is 1. The Bertz CT molecular complexity index is 460. The van der Waals surface area contributed by atoms with Crippen molar-refractivity contribution in [3.63, 3.8) is 0 Å². The van der Waals surface area contributed by atoms with E-state index >= 15 is 0 Å². The van der Waals surface area contributed by atoms with E-state index in [1.165, 1.54) is 0 Å². The summed E-state index contributed by atoms with van der Waals surface area (Å²) >= 11 is 6.23. The average molecular weight is 278 g/mol.